The fourth-order valence-corrected chi connectivity index (χ4v) is 1.70. The van der Waals surface area contributed by atoms with Crippen molar-refractivity contribution in [1.82, 2.24) is 0 Å². The normalized spacial score (nSPS) is 12.3. The molecule has 0 amide bonds. The van der Waals surface area contributed by atoms with Crippen LogP contribution in [0.3, 0.4) is 0 Å². The molecule has 2 N–H and O–H groups in total. The van der Waals surface area contributed by atoms with Crippen molar-refractivity contribution in [2.45, 2.75) is 40.2 Å². The van der Waals surface area contributed by atoms with Crippen molar-refractivity contribution in [2.24, 2.45) is 11.1 Å². The minimum atomic E-state index is -0.401. The van der Waals surface area contributed by atoms with Gasteiger partial charge in [-0.05, 0) is 47.6 Å². The molecule has 1 nitrogen and oxygen atoms in total. The lowest BCUT2D eigenvalue weighted by atomic mass is 9.81. The largest absolute Gasteiger partial charge is 0.322 e. The summed E-state index contributed by atoms with van der Waals surface area (Å²) in [5, 5.41) is 0. The second-order valence-electron chi connectivity index (χ2n) is 6.51. The third kappa shape index (κ3) is 3.33. The fraction of sp³-hybridized carbons (Fsp3) is 0.412. The van der Waals surface area contributed by atoms with Crippen LogP contribution in [0.1, 0.15) is 45.7 Å². The van der Waals surface area contributed by atoms with Gasteiger partial charge in [0.05, 0.1) is 0 Å². The highest BCUT2D eigenvalue weighted by Crippen LogP contribution is 2.34. The van der Waals surface area contributed by atoms with E-state index in [1.165, 1.54) is 0 Å². The van der Waals surface area contributed by atoms with Crippen LogP contribution in [-0.4, -0.2) is 5.54 Å². The van der Waals surface area contributed by atoms with Crippen LogP contribution in [-0.2, 0) is 0 Å². The first-order valence-corrected chi connectivity index (χ1v) is 6.32. The van der Waals surface area contributed by atoms with E-state index in [4.69, 9.17) is 5.73 Å². The van der Waals surface area contributed by atoms with Crippen LogP contribution < -0.4 is 5.73 Å². The van der Waals surface area contributed by atoms with Crippen molar-refractivity contribution in [3.63, 3.8) is 0 Å². The second-order valence-corrected chi connectivity index (χ2v) is 6.51. The van der Waals surface area contributed by atoms with E-state index in [0.29, 0.717) is 0 Å². The monoisotopic (exact) mass is 243 g/mol. The lowest BCUT2D eigenvalue weighted by molar-refractivity contribution is 0.568. The third-order valence-electron chi connectivity index (χ3n) is 3.24. The third-order valence-corrected chi connectivity index (χ3v) is 3.24. The average molecular weight is 243 g/mol. The summed E-state index contributed by atoms with van der Waals surface area (Å²) in [5.74, 6) is 0. The van der Waals surface area contributed by atoms with Crippen molar-refractivity contribution >= 4 is 11.1 Å². The van der Waals surface area contributed by atoms with Crippen molar-refractivity contribution in [1.29, 1.82) is 0 Å². The highest BCUT2D eigenvalue weighted by Gasteiger charge is 2.20. The van der Waals surface area contributed by atoms with Crippen molar-refractivity contribution < 1.29 is 0 Å². The molecule has 18 heavy (non-hydrogen) atoms. The van der Waals surface area contributed by atoms with Gasteiger partial charge in [0.2, 0.25) is 0 Å². The Labute approximate surface area is 111 Å². The molecule has 0 saturated carbocycles. The van der Waals surface area contributed by atoms with Crippen LogP contribution in [0.15, 0.2) is 37.4 Å². The molecule has 0 radical (unpaired) electrons. The molecular formula is C17H25N. The molecular weight excluding hydrogens is 218 g/mol. The molecule has 0 heterocycles. The first-order chi connectivity index (χ1) is 8.03. The molecule has 0 saturated heterocycles. The zero-order chi connectivity index (χ0) is 14.1. The Morgan fingerprint density at radius 1 is 0.944 bits per heavy atom. The number of nitrogens with two attached hydrogens (primary N) is 1. The van der Waals surface area contributed by atoms with Gasteiger partial charge < -0.3 is 5.73 Å². The number of hydrogen-bond acceptors (Lipinski definition) is 1. The summed E-state index contributed by atoms with van der Waals surface area (Å²) in [6, 6.07) is 8.31. The van der Waals surface area contributed by atoms with E-state index >= 15 is 0 Å². The van der Waals surface area contributed by atoms with Crippen LogP contribution in [0.2, 0.25) is 0 Å². The van der Waals surface area contributed by atoms with Crippen molar-refractivity contribution in [3.05, 3.63) is 48.6 Å². The lowest BCUT2D eigenvalue weighted by Gasteiger charge is -2.25. The van der Waals surface area contributed by atoms with Gasteiger partial charge in [-0.1, -0.05) is 52.1 Å². The standard InChI is InChI=1S/C17H25N/c1-12(16(3,4)5)14-9-8-10-15(11-14)13(2)17(6,7)18/h8-11H,1-2,18H2,3-7H3. The molecule has 1 aromatic rings. The predicted molar refractivity (Wildman–Crippen MR) is 82.2 cm³/mol. The molecule has 0 atom stereocenters. The van der Waals surface area contributed by atoms with Crippen LogP contribution in [0.5, 0.6) is 0 Å². The van der Waals surface area contributed by atoms with Gasteiger partial charge in [0, 0.05) is 5.54 Å². The molecule has 0 fully saturated rings. The Bertz CT molecular complexity index is 426. The Morgan fingerprint density at radius 3 is 1.78 bits per heavy atom. The summed E-state index contributed by atoms with van der Waals surface area (Å²) >= 11 is 0. The van der Waals surface area contributed by atoms with Gasteiger partial charge in [0.25, 0.3) is 0 Å². The summed E-state index contributed by atoms with van der Waals surface area (Å²) in [5.41, 5.74) is 10.1. The highest BCUT2D eigenvalue weighted by atomic mass is 14.7. The number of hydrogen-bond donors (Lipinski definition) is 1. The summed E-state index contributed by atoms with van der Waals surface area (Å²) in [7, 11) is 0. The van der Waals surface area contributed by atoms with Gasteiger partial charge in [0.1, 0.15) is 0 Å². The summed E-state index contributed by atoms with van der Waals surface area (Å²) in [6.07, 6.45) is 0. The molecule has 0 aliphatic carbocycles. The lowest BCUT2D eigenvalue weighted by Crippen LogP contribution is -2.32. The topological polar surface area (TPSA) is 26.0 Å². The molecule has 1 rings (SSSR count). The van der Waals surface area contributed by atoms with Crippen LogP contribution in [0.25, 0.3) is 11.1 Å². The molecule has 0 spiro atoms. The molecule has 98 valence electrons. The van der Waals surface area contributed by atoms with Gasteiger partial charge in [-0.15, -0.1) is 0 Å². The Kier molecular flexibility index (Phi) is 3.87. The maximum Gasteiger partial charge on any atom is 0.0352 e. The van der Waals surface area contributed by atoms with E-state index in [2.05, 4.69) is 52.1 Å². The van der Waals surface area contributed by atoms with Gasteiger partial charge >= 0.3 is 0 Å². The Balaban J connectivity index is 3.16. The van der Waals surface area contributed by atoms with E-state index in [0.717, 1.165) is 22.3 Å². The predicted octanol–water partition coefficient (Wildman–Crippen LogP) is 4.50. The minimum absolute atomic E-state index is 0.0676. The first kappa shape index (κ1) is 14.7. The highest BCUT2D eigenvalue weighted by molar-refractivity contribution is 5.75. The summed E-state index contributed by atoms with van der Waals surface area (Å²) in [6.45, 7) is 18.8. The molecule has 0 aromatic heterocycles. The van der Waals surface area contributed by atoms with Gasteiger partial charge in [-0.25, -0.2) is 0 Å². The van der Waals surface area contributed by atoms with E-state index in [1.807, 2.05) is 19.9 Å². The van der Waals surface area contributed by atoms with E-state index < -0.39 is 5.54 Å². The maximum atomic E-state index is 6.10. The van der Waals surface area contributed by atoms with Gasteiger partial charge in [0.15, 0.2) is 0 Å². The number of rotatable bonds is 3. The zero-order valence-corrected chi connectivity index (χ0v) is 12.3. The van der Waals surface area contributed by atoms with Gasteiger partial charge in [-0.3, -0.25) is 0 Å². The average Bonchev–Trinajstić information content (AvgIpc) is 2.24. The second kappa shape index (κ2) is 4.74. The molecule has 0 aliphatic rings. The SMILES string of the molecule is C=C(c1cccc(C(=C)C(C)(C)N)c1)C(C)(C)C. The smallest absolute Gasteiger partial charge is 0.0352 e. The fourth-order valence-electron chi connectivity index (χ4n) is 1.70. The van der Waals surface area contributed by atoms with Crippen LogP contribution >= 0.6 is 0 Å². The summed E-state index contributed by atoms with van der Waals surface area (Å²) < 4.78 is 0. The number of allylic oxidation sites excluding steroid dienone is 1. The van der Waals surface area contributed by atoms with Gasteiger partial charge in [-0.2, -0.15) is 0 Å². The summed E-state index contributed by atoms with van der Waals surface area (Å²) in [4.78, 5) is 0. The first-order valence-electron chi connectivity index (χ1n) is 6.32. The van der Waals surface area contributed by atoms with E-state index in [1.54, 1.807) is 0 Å². The quantitative estimate of drug-likeness (QED) is 0.831. The van der Waals surface area contributed by atoms with E-state index in [-0.39, 0.29) is 5.41 Å². The zero-order valence-electron chi connectivity index (χ0n) is 12.3. The van der Waals surface area contributed by atoms with E-state index in [9.17, 15) is 0 Å². The molecule has 0 bridgehead atoms. The Hall–Kier alpha value is -1.34. The maximum absolute atomic E-state index is 6.10. The molecule has 0 aliphatic heterocycles. The minimum Gasteiger partial charge on any atom is -0.322 e. The Morgan fingerprint density at radius 2 is 1.39 bits per heavy atom. The number of benzene rings is 1. The molecule has 0 unspecified atom stereocenters. The van der Waals surface area contributed by atoms with Crippen molar-refractivity contribution in [2.75, 3.05) is 0 Å². The van der Waals surface area contributed by atoms with Crippen LogP contribution in [0.4, 0.5) is 0 Å². The molecule has 1 heteroatoms. The molecule has 1 aromatic carbocycles. The van der Waals surface area contributed by atoms with Crippen LogP contribution in [0, 0.1) is 5.41 Å². The van der Waals surface area contributed by atoms with Crippen molar-refractivity contribution in [3.8, 4) is 0 Å².